The first-order chi connectivity index (χ1) is 59.3. The number of nitriles is 2. The molecule has 0 bridgehead atoms. The summed E-state index contributed by atoms with van der Waals surface area (Å²) in [5.74, 6) is 0.218. The van der Waals surface area contributed by atoms with Crippen molar-refractivity contribution in [1.29, 1.82) is 10.5 Å². The van der Waals surface area contributed by atoms with Gasteiger partial charge in [-0.2, -0.15) is 10.5 Å². The Kier molecular flexibility index (Phi) is 37.8. The zero-order valence-electron chi connectivity index (χ0n) is 73.3. The second-order valence-electron chi connectivity index (χ2n) is 31.2. The smallest absolute Gasteiger partial charge is 0.259 e. The molecule has 0 saturated carbocycles. The maximum atomic E-state index is 12.8. The van der Waals surface area contributed by atoms with Crippen LogP contribution in [0.2, 0.25) is 0 Å². The van der Waals surface area contributed by atoms with Crippen molar-refractivity contribution < 1.29 is 61.5 Å². The van der Waals surface area contributed by atoms with E-state index in [1.54, 1.807) is 107 Å². The minimum absolute atomic E-state index is 0.0449. The number of ether oxygens (including phenoxy) is 6. The molecule has 35 heteroatoms. The fourth-order valence-corrected chi connectivity index (χ4v) is 18.8. The first kappa shape index (κ1) is 97.1. The van der Waals surface area contributed by atoms with Gasteiger partial charge in [0.1, 0.15) is 37.3 Å². The number of aliphatic hydroxyl groups excluding tert-OH is 1. The van der Waals surface area contributed by atoms with Gasteiger partial charge in [0.15, 0.2) is 78.1 Å². The highest BCUT2D eigenvalue weighted by molar-refractivity contribution is 7.47. The average Bonchev–Trinajstić information content (AvgIpc) is 1.64. The van der Waals surface area contributed by atoms with Crippen LogP contribution >= 0.6 is 17.0 Å². The van der Waals surface area contributed by atoms with Crippen molar-refractivity contribution in [3.63, 3.8) is 0 Å². The Morgan fingerprint density at radius 1 is 0.472 bits per heavy atom. The molecule has 3 saturated heterocycles. The summed E-state index contributed by atoms with van der Waals surface area (Å²) >= 11 is 0. The van der Waals surface area contributed by atoms with Crippen LogP contribution in [0.1, 0.15) is 180 Å². The van der Waals surface area contributed by atoms with Crippen LogP contribution in [-0.2, 0) is 42.0 Å². The molecule has 9 heterocycles. The SMILES string of the molecule is C=CCO[C@@H]1[C@H](C)[C@@H](CC)O[C@H]1n1cnc2c(NC(=O)c3ccccc3)ncnc21.C=CCO[C@@H]1[C@H](C)[C@@H](CO)O[C@H]1n1cnc2c(NC(=O)c3ccccc3)ncnc21.C=CCO[C@@H]1[C@H](C)[C@@H](COP(OCCC#N)N(C(C)C)C(C)C)O[C@H]1n1cnc2c(NC(=O)c3ccccc3)ncnc21.CC(C)N(C(C)C)P(OCCC#N)N(C(C)C)C(C)C. The number of carbonyl (C=O) groups excluding carboxylic acids is 3. The van der Waals surface area contributed by atoms with Gasteiger partial charge in [0.25, 0.3) is 26.2 Å². The van der Waals surface area contributed by atoms with E-state index in [0.717, 1.165) is 6.42 Å². The lowest BCUT2D eigenvalue weighted by Crippen LogP contribution is -2.43. The van der Waals surface area contributed by atoms with Crippen molar-refractivity contribution in [3.8, 4) is 12.1 Å². The van der Waals surface area contributed by atoms with E-state index in [0.29, 0.717) is 125 Å². The van der Waals surface area contributed by atoms with Crippen LogP contribution < -0.4 is 16.0 Å². The van der Waals surface area contributed by atoms with Gasteiger partial charge in [0.2, 0.25) is 0 Å². The summed E-state index contributed by atoms with van der Waals surface area (Å²) in [5.41, 5.74) is 4.51. The van der Waals surface area contributed by atoms with E-state index in [-0.39, 0.29) is 117 Å². The topological polar surface area (TPSA) is 379 Å². The minimum Gasteiger partial charge on any atom is -0.394 e. The van der Waals surface area contributed by atoms with Gasteiger partial charge in [-0.3, -0.25) is 28.1 Å². The number of aliphatic hydroxyl groups is 1. The van der Waals surface area contributed by atoms with Crippen LogP contribution in [0, 0.1) is 40.4 Å². The van der Waals surface area contributed by atoms with Gasteiger partial charge in [-0.05, 0) is 126 Å². The number of imidazole rings is 3. The summed E-state index contributed by atoms with van der Waals surface area (Å²) in [6, 6.07) is 33.1. The molecule has 0 aliphatic carbocycles. The molecule has 4 N–H and O–H groups in total. The van der Waals surface area contributed by atoms with Gasteiger partial charge in [-0.25, -0.2) is 58.9 Å². The highest BCUT2D eigenvalue weighted by atomic mass is 31.2. The van der Waals surface area contributed by atoms with E-state index >= 15 is 0 Å². The Morgan fingerprint density at radius 3 is 1.11 bits per heavy atom. The molecule has 3 aromatic carbocycles. The van der Waals surface area contributed by atoms with Crippen molar-refractivity contribution in [2.24, 2.45) is 17.8 Å². The number of hydrogen-bond donors (Lipinski definition) is 4. The van der Waals surface area contributed by atoms with Gasteiger partial charge in [-0.15, -0.1) is 19.7 Å². The fourth-order valence-electron chi connectivity index (χ4n) is 14.9. The third-order valence-corrected chi connectivity index (χ3v) is 25.7. The van der Waals surface area contributed by atoms with Gasteiger partial charge in [-0.1, -0.05) is 101 Å². The Bertz CT molecular complexity index is 4710. The lowest BCUT2D eigenvalue weighted by Gasteiger charge is -2.45. The number of nitrogens with zero attached hydrogens (tertiary/aromatic N) is 17. The monoisotopic (exact) mass is 1730 g/mol. The Morgan fingerprint density at radius 2 is 0.789 bits per heavy atom. The molecule has 13 atom stereocenters. The summed E-state index contributed by atoms with van der Waals surface area (Å²) < 4.78 is 68.1. The second kappa shape index (κ2) is 47.9. The second-order valence-corrected chi connectivity index (χ2v) is 34.3. The van der Waals surface area contributed by atoms with E-state index in [1.807, 2.05) is 41.8 Å². The van der Waals surface area contributed by atoms with Gasteiger partial charge >= 0.3 is 0 Å². The van der Waals surface area contributed by atoms with Crippen LogP contribution in [0.5, 0.6) is 0 Å². The van der Waals surface area contributed by atoms with E-state index in [4.69, 9.17) is 52.5 Å². The predicted octanol–water partition coefficient (Wildman–Crippen LogP) is 15.6. The Hall–Kier alpha value is -9.74. The number of hydrogen-bond acceptors (Lipinski definition) is 27. The Balaban J connectivity index is 0.000000192. The molecule has 3 aliphatic heterocycles. The molecule has 3 amide bonds. The van der Waals surface area contributed by atoms with Gasteiger partial charge in [0, 0.05) is 70.7 Å². The van der Waals surface area contributed by atoms with Crippen molar-refractivity contribution in [2.75, 3.05) is 62.2 Å². The highest BCUT2D eigenvalue weighted by Gasteiger charge is 2.48. The first-order valence-electron chi connectivity index (χ1n) is 41.7. The Labute approximate surface area is 723 Å². The van der Waals surface area contributed by atoms with Crippen molar-refractivity contribution in [2.45, 2.75) is 222 Å². The summed E-state index contributed by atoms with van der Waals surface area (Å²) in [5, 5.41) is 35.9. The number of rotatable bonds is 38. The number of aromatic nitrogens is 12. The predicted molar refractivity (Wildman–Crippen MR) is 474 cm³/mol. The summed E-state index contributed by atoms with van der Waals surface area (Å²) in [6.07, 6.45) is 12.8. The van der Waals surface area contributed by atoms with Crippen molar-refractivity contribution in [1.82, 2.24) is 72.6 Å². The summed E-state index contributed by atoms with van der Waals surface area (Å²) in [6.45, 7) is 47.6. The third-order valence-electron chi connectivity index (χ3n) is 20.5. The molecule has 0 spiro atoms. The molecule has 9 aromatic rings. The summed E-state index contributed by atoms with van der Waals surface area (Å²) in [4.78, 5) is 77.2. The number of anilines is 3. The maximum Gasteiger partial charge on any atom is 0.259 e. The number of carbonyl (C=O) groups is 3. The first-order valence-corrected chi connectivity index (χ1v) is 44.0. The highest BCUT2D eigenvalue weighted by Crippen LogP contribution is 2.52. The zero-order chi connectivity index (χ0) is 89.0. The summed E-state index contributed by atoms with van der Waals surface area (Å²) in [7, 11) is -2.27. The molecule has 1 unspecified atom stereocenters. The maximum absolute atomic E-state index is 12.8. The molecule has 3 aliphatic rings. The van der Waals surface area contributed by atoms with E-state index < -0.39 is 29.4 Å². The average molecular weight is 1730 g/mol. The van der Waals surface area contributed by atoms with Crippen LogP contribution in [-0.4, -0.2) is 215 Å². The number of nitrogens with one attached hydrogen (secondary N) is 3. The lowest BCUT2D eigenvalue weighted by molar-refractivity contribution is -0.0641. The lowest BCUT2D eigenvalue weighted by atomic mass is 9.98. The van der Waals surface area contributed by atoms with Crippen LogP contribution in [0.25, 0.3) is 33.5 Å². The number of fused-ring (bicyclic) bond motifs is 3. The normalized spacial score (nSPS) is 20.9. The molecule has 6 aromatic heterocycles. The number of amides is 3. The fraction of sp³-hybridized carbons (Fsp3) is 0.500. The molecular formula is C88H120N20O13P2. The number of benzene rings is 3. The third kappa shape index (κ3) is 24.9. The van der Waals surface area contributed by atoms with Crippen molar-refractivity contribution in [3.05, 3.63) is 184 Å². The van der Waals surface area contributed by atoms with Gasteiger partial charge < -0.3 is 63.0 Å². The van der Waals surface area contributed by atoms with Crippen LogP contribution in [0.3, 0.4) is 0 Å². The molecule has 123 heavy (non-hydrogen) atoms. The van der Waals surface area contributed by atoms with E-state index in [2.05, 4.69) is 211 Å². The molecule has 0 radical (unpaired) electrons. The molecule has 33 nitrogen and oxygen atoms in total. The van der Waals surface area contributed by atoms with Crippen molar-refractivity contribution >= 4 is 85.6 Å². The molecule has 660 valence electrons. The van der Waals surface area contributed by atoms with E-state index in [1.165, 1.54) is 19.0 Å². The van der Waals surface area contributed by atoms with Gasteiger partial charge in [0.05, 0.1) is 109 Å². The molecule has 3 fully saturated rings. The van der Waals surface area contributed by atoms with E-state index in [9.17, 15) is 19.5 Å². The standard InChI is InChI=1S/C30H40N7O5P.C22H25N5O3.C21H23N5O4.C15H32N3OP/c1-7-15-39-26-22(6)24(17-41-43(40-16-11-14-31)37(20(2)3)21(4)5)42-30(26)36-19-34-25-27(32-18-33-28(25)36)35-29(38)23-12-9-8-10-13-23;1-4-11-29-18-14(3)16(5-2)30-22(18)27-13-25-17-19(23-12-24-20(17)27)26-21(28)15-9-7-6-8-10-15;1-3-9-29-17-13(2)15(10-27)30-21(17)26-12-24-16-18(22-11-23-19(16)26)25-20(28)14-7-5-4-6-8-14;1-12(2)17(13(3)4)20(19-11-9-10-16)18(14(5)6)15(7)8/h7-10,12-13,18-22,24,26,30H,1,11,15-17H2,2-6H3,(H,32,33,35,38);4,6-10,12-14,16,18,22H,1,5,11H2,2-3H3,(H,23,24,26,28);3-8,11-13,15,17,21,27H,1,9-10H2,2H3,(H,22,23,25,28);12-15H,9,11H2,1-8H3/t22-,24-,26-,30-,43?;14-,16-,18-,22-;13-,15-,17-,21-;/m111./s1. The quantitative estimate of drug-likeness (QED) is 0.0159. The molecular weight excluding hydrogens is 1610 g/mol. The van der Waals surface area contributed by atoms with Crippen LogP contribution in [0.4, 0.5) is 17.5 Å². The zero-order valence-corrected chi connectivity index (χ0v) is 75.1. The minimum atomic E-state index is -1.43. The molecule has 12 rings (SSSR count). The van der Waals surface area contributed by atoms with Crippen LogP contribution in [0.15, 0.2) is 167 Å². The largest absolute Gasteiger partial charge is 0.394 e.